The fourth-order valence-electron chi connectivity index (χ4n) is 2.54. The van der Waals surface area contributed by atoms with E-state index in [-0.39, 0.29) is 11.9 Å². The zero-order valence-corrected chi connectivity index (χ0v) is 9.20. The van der Waals surface area contributed by atoms with Gasteiger partial charge in [0.05, 0.1) is 12.0 Å². The lowest BCUT2D eigenvalue weighted by molar-refractivity contribution is -0.132. The van der Waals surface area contributed by atoms with E-state index in [9.17, 15) is 4.79 Å². The molecule has 3 heterocycles. The molecule has 0 saturated carbocycles. The molecule has 16 heavy (non-hydrogen) atoms. The van der Waals surface area contributed by atoms with Gasteiger partial charge in [0, 0.05) is 31.7 Å². The summed E-state index contributed by atoms with van der Waals surface area (Å²) in [6.07, 6.45) is 4.87. The number of aromatic nitrogens is 2. The van der Waals surface area contributed by atoms with Crippen LogP contribution in [-0.2, 0) is 11.2 Å². The summed E-state index contributed by atoms with van der Waals surface area (Å²) >= 11 is 0. The average molecular weight is 220 g/mol. The summed E-state index contributed by atoms with van der Waals surface area (Å²) in [4.78, 5) is 21.6. The van der Waals surface area contributed by atoms with Gasteiger partial charge >= 0.3 is 0 Å². The Bertz CT molecular complexity index is 394. The molecule has 1 fully saturated rings. The van der Waals surface area contributed by atoms with Gasteiger partial charge in [0.25, 0.3) is 0 Å². The van der Waals surface area contributed by atoms with Crippen LogP contribution in [0, 0.1) is 0 Å². The van der Waals surface area contributed by atoms with Crippen molar-refractivity contribution in [3.05, 3.63) is 17.7 Å². The molecule has 1 aromatic rings. The average Bonchev–Trinajstić information content (AvgIpc) is 2.98. The van der Waals surface area contributed by atoms with Crippen LogP contribution in [0.4, 0.5) is 0 Å². The Morgan fingerprint density at radius 3 is 3.06 bits per heavy atom. The maximum atomic E-state index is 12.3. The lowest BCUT2D eigenvalue weighted by atomic mass is 10.0. The minimum absolute atomic E-state index is 0.186. The second kappa shape index (κ2) is 3.90. The minimum Gasteiger partial charge on any atom is -0.348 e. The SMILES string of the molecule is O=C(C1NCCc2[nH]cnc21)N1CCCC1. The first kappa shape index (κ1) is 9.84. The van der Waals surface area contributed by atoms with Gasteiger partial charge in [-0.05, 0) is 12.8 Å². The molecule has 0 bridgehead atoms. The largest absolute Gasteiger partial charge is 0.348 e. The van der Waals surface area contributed by atoms with E-state index < -0.39 is 0 Å². The molecule has 0 spiro atoms. The van der Waals surface area contributed by atoms with E-state index in [0.717, 1.165) is 50.3 Å². The molecule has 1 aromatic heterocycles. The highest BCUT2D eigenvalue weighted by Crippen LogP contribution is 2.23. The number of H-pyrrole nitrogens is 1. The fourth-order valence-corrected chi connectivity index (χ4v) is 2.54. The standard InChI is InChI=1S/C11H16N4O/c16-11(15-5-1-2-6-15)10-9-8(3-4-12-10)13-7-14-9/h7,10,12H,1-6H2,(H,13,14). The number of carbonyl (C=O) groups excluding carboxylic acids is 1. The number of fused-ring (bicyclic) bond motifs is 1. The normalized spacial score (nSPS) is 24.5. The summed E-state index contributed by atoms with van der Waals surface area (Å²) in [5.41, 5.74) is 2.00. The molecule has 5 nitrogen and oxygen atoms in total. The van der Waals surface area contributed by atoms with E-state index in [1.165, 1.54) is 0 Å². The predicted molar refractivity (Wildman–Crippen MR) is 58.8 cm³/mol. The zero-order chi connectivity index (χ0) is 11.0. The lowest BCUT2D eigenvalue weighted by Gasteiger charge is -2.26. The molecular formula is C11H16N4O. The number of likely N-dealkylation sites (tertiary alicyclic amines) is 1. The van der Waals surface area contributed by atoms with Crippen molar-refractivity contribution >= 4 is 5.91 Å². The quantitative estimate of drug-likeness (QED) is 0.711. The molecule has 2 N–H and O–H groups in total. The third kappa shape index (κ3) is 1.51. The monoisotopic (exact) mass is 220 g/mol. The molecule has 1 unspecified atom stereocenters. The molecule has 0 radical (unpaired) electrons. The third-order valence-corrected chi connectivity index (χ3v) is 3.41. The Hall–Kier alpha value is -1.36. The molecule has 0 aromatic carbocycles. The minimum atomic E-state index is -0.229. The van der Waals surface area contributed by atoms with Crippen molar-refractivity contribution in [2.45, 2.75) is 25.3 Å². The summed E-state index contributed by atoms with van der Waals surface area (Å²) in [5, 5.41) is 3.26. The van der Waals surface area contributed by atoms with Crippen LogP contribution in [0.1, 0.15) is 30.3 Å². The van der Waals surface area contributed by atoms with Crippen LogP contribution in [0.15, 0.2) is 6.33 Å². The highest BCUT2D eigenvalue weighted by molar-refractivity contribution is 5.83. The second-order valence-corrected chi connectivity index (χ2v) is 4.44. The van der Waals surface area contributed by atoms with Crippen molar-refractivity contribution in [1.29, 1.82) is 0 Å². The molecule has 2 aliphatic rings. The van der Waals surface area contributed by atoms with Crippen molar-refractivity contribution in [2.24, 2.45) is 0 Å². The van der Waals surface area contributed by atoms with E-state index in [4.69, 9.17) is 0 Å². The Morgan fingerprint density at radius 2 is 2.25 bits per heavy atom. The predicted octanol–water partition coefficient (Wildman–Crippen LogP) is 0.219. The van der Waals surface area contributed by atoms with E-state index >= 15 is 0 Å². The number of hydrogen-bond donors (Lipinski definition) is 2. The molecule has 1 saturated heterocycles. The molecular weight excluding hydrogens is 204 g/mol. The smallest absolute Gasteiger partial charge is 0.246 e. The van der Waals surface area contributed by atoms with E-state index in [0.29, 0.717) is 0 Å². The van der Waals surface area contributed by atoms with Crippen LogP contribution in [0.25, 0.3) is 0 Å². The molecule has 1 atom stereocenters. The molecule has 86 valence electrons. The molecule has 5 heteroatoms. The van der Waals surface area contributed by atoms with Gasteiger partial charge in [0.15, 0.2) is 0 Å². The van der Waals surface area contributed by atoms with Crippen molar-refractivity contribution in [2.75, 3.05) is 19.6 Å². The van der Waals surface area contributed by atoms with Crippen LogP contribution in [0.3, 0.4) is 0 Å². The Labute approximate surface area is 94.2 Å². The third-order valence-electron chi connectivity index (χ3n) is 3.41. The molecule has 0 aliphatic carbocycles. The van der Waals surface area contributed by atoms with Gasteiger partial charge in [-0.15, -0.1) is 0 Å². The molecule has 1 amide bonds. The van der Waals surface area contributed by atoms with Gasteiger partial charge in [-0.3, -0.25) is 4.79 Å². The van der Waals surface area contributed by atoms with Crippen molar-refractivity contribution in [3.8, 4) is 0 Å². The van der Waals surface area contributed by atoms with E-state index in [1.807, 2.05) is 4.90 Å². The molecule has 2 aliphatic heterocycles. The van der Waals surface area contributed by atoms with Gasteiger partial charge in [-0.2, -0.15) is 0 Å². The van der Waals surface area contributed by atoms with Crippen LogP contribution >= 0.6 is 0 Å². The number of rotatable bonds is 1. The topological polar surface area (TPSA) is 61.0 Å². The van der Waals surface area contributed by atoms with Gasteiger partial charge in [0.2, 0.25) is 5.91 Å². The highest BCUT2D eigenvalue weighted by atomic mass is 16.2. The van der Waals surface area contributed by atoms with Gasteiger partial charge in [-0.25, -0.2) is 4.98 Å². The van der Waals surface area contributed by atoms with Gasteiger partial charge in [0.1, 0.15) is 6.04 Å². The number of carbonyl (C=O) groups is 1. The first-order valence-corrected chi connectivity index (χ1v) is 5.90. The number of amides is 1. The van der Waals surface area contributed by atoms with E-state index in [2.05, 4.69) is 15.3 Å². The Balaban J connectivity index is 1.83. The van der Waals surface area contributed by atoms with Crippen LogP contribution in [0.2, 0.25) is 0 Å². The number of hydrogen-bond acceptors (Lipinski definition) is 3. The highest BCUT2D eigenvalue weighted by Gasteiger charge is 2.32. The summed E-state index contributed by atoms with van der Waals surface area (Å²) < 4.78 is 0. The van der Waals surface area contributed by atoms with Gasteiger partial charge in [-0.1, -0.05) is 0 Å². The fraction of sp³-hybridized carbons (Fsp3) is 0.636. The van der Waals surface area contributed by atoms with Crippen molar-refractivity contribution < 1.29 is 4.79 Å². The number of nitrogens with zero attached hydrogens (tertiary/aromatic N) is 2. The first-order chi connectivity index (χ1) is 7.86. The Morgan fingerprint density at radius 1 is 1.44 bits per heavy atom. The Kier molecular flexibility index (Phi) is 2.40. The maximum Gasteiger partial charge on any atom is 0.246 e. The molecule has 3 rings (SSSR count). The maximum absolute atomic E-state index is 12.3. The summed E-state index contributed by atoms with van der Waals surface area (Å²) in [6, 6.07) is -0.229. The lowest BCUT2D eigenvalue weighted by Crippen LogP contribution is -2.42. The zero-order valence-electron chi connectivity index (χ0n) is 9.20. The van der Waals surface area contributed by atoms with Crippen molar-refractivity contribution in [3.63, 3.8) is 0 Å². The van der Waals surface area contributed by atoms with E-state index in [1.54, 1.807) is 6.33 Å². The second-order valence-electron chi connectivity index (χ2n) is 4.44. The van der Waals surface area contributed by atoms with Crippen LogP contribution < -0.4 is 5.32 Å². The van der Waals surface area contributed by atoms with Crippen molar-refractivity contribution in [1.82, 2.24) is 20.2 Å². The van der Waals surface area contributed by atoms with Gasteiger partial charge < -0.3 is 15.2 Å². The number of aromatic amines is 1. The summed E-state index contributed by atoms with van der Waals surface area (Å²) in [7, 11) is 0. The number of imidazole rings is 1. The van der Waals surface area contributed by atoms with Crippen LogP contribution in [-0.4, -0.2) is 40.4 Å². The first-order valence-electron chi connectivity index (χ1n) is 5.90. The summed E-state index contributed by atoms with van der Waals surface area (Å²) in [6.45, 7) is 2.65. The number of nitrogens with one attached hydrogen (secondary N) is 2. The van der Waals surface area contributed by atoms with Crippen LogP contribution in [0.5, 0.6) is 0 Å². The summed E-state index contributed by atoms with van der Waals surface area (Å²) in [5.74, 6) is 0.186.